The summed E-state index contributed by atoms with van der Waals surface area (Å²) in [5.74, 6) is 0.555. The zero-order valence-corrected chi connectivity index (χ0v) is 23.5. The van der Waals surface area contributed by atoms with E-state index in [1.807, 2.05) is 12.1 Å². The third-order valence-corrected chi connectivity index (χ3v) is 8.80. The van der Waals surface area contributed by atoms with Gasteiger partial charge in [-0.05, 0) is 49.5 Å². The molecule has 1 aliphatic carbocycles. The highest BCUT2D eigenvalue weighted by Crippen LogP contribution is 2.40. The Balaban J connectivity index is 1.37. The van der Waals surface area contributed by atoms with Crippen molar-refractivity contribution in [3.05, 3.63) is 57.9 Å². The minimum absolute atomic E-state index is 0.0138. The second kappa shape index (κ2) is 11.9. The van der Waals surface area contributed by atoms with Gasteiger partial charge in [0.25, 0.3) is 5.56 Å². The maximum absolute atomic E-state index is 13.2. The molecule has 1 N–H and O–H groups in total. The number of carbonyl (C=O) groups excluding carboxylic acids is 1. The van der Waals surface area contributed by atoms with Gasteiger partial charge in [-0.1, -0.05) is 31.8 Å². The van der Waals surface area contributed by atoms with E-state index in [4.69, 9.17) is 9.72 Å². The standard InChI is InChI=1S/C27H40FN5O3Si/c1-31-12-13-32(18-25(31)34)26-27(35)33(19-36-14-15-37(2,3)4)17-22(30-26)6-5-11-29-24-16-23(24)20-7-9-21(28)10-8-20/h7-10,17,23-24,29H,5-6,11-16,18-19H2,1-4H3/t23-,24+/m0/s1. The number of piperazine rings is 1. The second-order valence-electron chi connectivity index (χ2n) is 11.5. The lowest BCUT2D eigenvalue weighted by molar-refractivity contribution is -0.129. The normalized spacial score (nSPS) is 20.0. The Morgan fingerprint density at radius 2 is 1.92 bits per heavy atom. The van der Waals surface area contributed by atoms with E-state index >= 15 is 0 Å². The van der Waals surface area contributed by atoms with Gasteiger partial charge >= 0.3 is 0 Å². The van der Waals surface area contributed by atoms with E-state index in [2.05, 4.69) is 25.0 Å². The lowest BCUT2D eigenvalue weighted by atomic mass is 10.1. The molecule has 8 nitrogen and oxygen atoms in total. The average molecular weight is 530 g/mol. The molecule has 0 unspecified atom stereocenters. The van der Waals surface area contributed by atoms with Crippen LogP contribution in [-0.4, -0.2) is 74.3 Å². The van der Waals surface area contributed by atoms with Crippen molar-refractivity contribution in [2.45, 2.75) is 63.6 Å². The SMILES string of the molecule is CN1CCN(c2nc(CCCN[C@@H]3C[C@H]3c3ccc(F)cc3)cn(COCC[Si](C)(C)C)c2=O)CC1=O. The summed E-state index contributed by atoms with van der Waals surface area (Å²) in [7, 11) is 0.554. The van der Waals surface area contributed by atoms with Crippen LogP contribution in [0.2, 0.25) is 25.7 Å². The molecule has 0 spiro atoms. The molecule has 1 aliphatic heterocycles. The van der Waals surface area contributed by atoms with Gasteiger partial charge in [-0.15, -0.1) is 0 Å². The van der Waals surface area contributed by atoms with Gasteiger partial charge in [-0.3, -0.25) is 14.2 Å². The number of aromatic nitrogens is 2. The van der Waals surface area contributed by atoms with Crippen LogP contribution in [0.15, 0.2) is 35.3 Å². The largest absolute Gasteiger partial charge is 0.361 e. The van der Waals surface area contributed by atoms with Crippen LogP contribution in [0.3, 0.4) is 0 Å². The number of aryl methyl sites for hydroxylation is 1. The van der Waals surface area contributed by atoms with E-state index in [0.29, 0.717) is 43.9 Å². The number of benzene rings is 1. The van der Waals surface area contributed by atoms with Gasteiger partial charge in [0.05, 0.1) is 12.2 Å². The lowest BCUT2D eigenvalue weighted by Crippen LogP contribution is -2.50. The predicted octanol–water partition coefficient (Wildman–Crippen LogP) is 3.05. The number of likely N-dealkylation sites (N-methyl/N-ethyl adjacent to an activating group) is 1. The fraction of sp³-hybridized carbons (Fsp3) is 0.593. The number of amides is 1. The van der Waals surface area contributed by atoms with E-state index in [-0.39, 0.29) is 30.6 Å². The summed E-state index contributed by atoms with van der Waals surface area (Å²) in [6, 6.07) is 8.22. The quantitative estimate of drug-likeness (QED) is 0.336. The third kappa shape index (κ3) is 7.72. The first-order valence-corrected chi connectivity index (χ1v) is 17.0. The molecular weight excluding hydrogens is 489 g/mol. The molecule has 2 aromatic rings. The topological polar surface area (TPSA) is 79.7 Å². The number of anilines is 1. The van der Waals surface area contributed by atoms with Gasteiger partial charge in [0.1, 0.15) is 12.5 Å². The van der Waals surface area contributed by atoms with E-state index in [1.165, 1.54) is 17.7 Å². The first kappa shape index (κ1) is 27.5. The van der Waals surface area contributed by atoms with Crippen molar-refractivity contribution in [3.63, 3.8) is 0 Å². The van der Waals surface area contributed by atoms with Gasteiger partial charge < -0.3 is 19.9 Å². The van der Waals surface area contributed by atoms with Crippen LogP contribution in [0.4, 0.5) is 10.2 Å². The Labute approximate surface area is 219 Å². The van der Waals surface area contributed by atoms with Crippen molar-refractivity contribution in [1.29, 1.82) is 0 Å². The molecule has 1 aromatic heterocycles. The van der Waals surface area contributed by atoms with E-state index in [9.17, 15) is 14.0 Å². The maximum atomic E-state index is 13.2. The van der Waals surface area contributed by atoms with Gasteiger partial charge in [-0.25, -0.2) is 9.37 Å². The van der Waals surface area contributed by atoms with E-state index < -0.39 is 8.07 Å². The van der Waals surface area contributed by atoms with Gasteiger partial charge in [-0.2, -0.15) is 0 Å². The summed E-state index contributed by atoms with van der Waals surface area (Å²) in [6.45, 7) is 9.85. The number of ether oxygens (including phenoxy) is 1. The van der Waals surface area contributed by atoms with Crippen molar-refractivity contribution < 1.29 is 13.9 Å². The number of nitrogens with one attached hydrogen (secondary N) is 1. The zero-order chi connectivity index (χ0) is 26.6. The molecular formula is C27H40FN5O3Si. The highest BCUT2D eigenvalue weighted by atomic mass is 28.3. The fourth-order valence-corrected chi connectivity index (χ4v) is 5.30. The molecule has 2 atom stereocenters. The van der Waals surface area contributed by atoms with Gasteiger partial charge in [0, 0.05) is 53.0 Å². The Kier molecular flexibility index (Phi) is 8.81. The lowest BCUT2D eigenvalue weighted by Gasteiger charge is -2.32. The molecule has 1 amide bonds. The molecule has 2 heterocycles. The summed E-state index contributed by atoms with van der Waals surface area (Å²) < 4.78 is 20.7. The smallest absolute Gasteiger partial charge is 0.295 e. The molecule has 2 aliphatic rings. The minimum Gasteiger partial charge on any atom is -0.361 e. The number of nitrogens with zero attached hydrogens (tertiary/aromatic N) is 4. The van der Waals surface area contributed by atoms with Gasteiger partial charge in [0.15, 0.2) is 5.82 Å². The van der Waals surface area contributed by atoms with Crippen molar-refractivity contribution in [2.75, 3.05) is 44.7 Å². The summed E-state index contributed by atoms with van der Waals surface area (Å²) in [4.78, 5) is 33.7. The van der Waals surface area contributed by atoms with Crippen molar-refractivity contribution in [1.82, 2.24) is 19.8 Å². The molecule has 0 radical (unpaired) electrons. The van der Waals surface area contributed by atoms with Crippen LogP contribution in [0.5, 0.6) is 0 Å². The molecule has 2 fully saturated rings. The maximum Gasteiger partial charge on any atom is 0.295 e. The van der Waals surface area contributed by atoms with Crippen LogP contribution in [-0.2, 0) is 22.7 Å². The van der Waals surface area contributed by atoms with E-state index in [0.717, 1.165) is 31.1 Å². The number of hydrogen-bond donors (Lipinski definition) is 1. The number of halogens is 1. The molecule has 0 bridgehead atoms. The molecule has 1 saturated heterocycles. The van der Waals surface area contributed by atoms with Crippen molar-refractivity contribution in [3.8, 4) is 0 Å². The summed E-state index contributed by atoms with van der Waals surface area (Å²) >= 11 is 0. The molecule has 202 valence electrons. The van der Waals surface area contributed by atoms with Crippen LogP contribution in [0.1, 0.15) is 30.0 Å². The Bertz CT molecular complexity index is 1130. The summed E-state index contributed by atoms with van der Waals surface area (Å²) in [5, 5.41) is 3.59. The number of rotatable bonds is 12. The first-order chi connectivity index (χ1) is 17.6. The highest BCUT2D eigenvalue weighted by molar-refractivity contribution is 6.76. The van der Waals surface area contributed by atoms with Crippen LogP contribution >= 0.6 is 0 Å². The number of carbonyl (C=O) groups is 1. The minimum atomic E-state index is -1.23. The van der Waals surface area contributed by atoms with Crippen molar-refractivity contribution in [2.24, 2.45) is 0 Å². The second-order valence-corrected chi connectivity index (χ2v) is 17.1. The monoisotopic (exact) mass is 529 g/mol. The molecule has 1 aromatic carbocycles. The van der Waals surface area contributed by atoms with Crippen molar-refractivity contribution >= 4 is 19.8 Å². The Morgan fingerprint density at radius 3 is 2.62 bits per heavy atom. The molecule has 10 heteroatoms. The van der Waals surface area contributed by atoms with Crippen LogP contribution in [0, 0.1) is 5.82 Å². The molecule has 37 heavy (non-hydrogen) atoms. The molecule has 4 rings (SSSR count). The van der Waals surface area contributed by atoms with E-state index in [1.54, 1.807) is 27.6 Å². The summed E-state index contributed by atoms with van der Waals surface area (Å²) in [5.41, 5.74) is 1.78. The fourth-order valence-electron chi connectivity index (χ4n) is 4.54. The third-order valence-electron chi connectivity index (χ3n) is 7.09. The van der Waals surface area contributed by atoms with Gasteiger partial charge in [0.2, 0.25) is 5.91 Å². The van der Waals surface area contributed by atoms with Crippen LogP contribution < -0.4 is 15.8 Å². The van der Waals surface area contributed by atoms with Crippen LogP contribution in [0.25, 0.3) is 0 Å². The highest BCUT2D eigenvalue weighted by Gasteiger charge is 2.37. The zero-order valence-electron chi connectivity index (χ0n) is 22.5. The summed E-state index contributed by atoms with van der Waals surface area (Å²) in [6.07, 6.45) is 4.45. The number of hydrogen-bond acceptors (Lipinski definition) is 6. The molecule has 1 saturated carbocycles. The Hall–Kier alpha value is -2.56. The average Bonchev–Trinajstić information content (AvgIpc) is 3.62. The first-order valence-electron chi connectivity index (χ1n) is 13.3. The predicted molar refractivity (Wildman–Crippen MR) is 146 cm³/mol. The Morgan fingerprint density at radius 1 is 1.16 bits per heavy atom.